The van der Waals surface area contributed by atoms with Crippen molar-refractivity contribution in [1.29, 1.82) is 0 Å². The third-order valence-corrected chi connectivity index (χ3v) is 3.83. The molecule has 3 heterocycles. The lowest BCUT2D eigenvalue weighted by atomic mass is 10.00. The van der Waals surface area contributed by atoms with Gasteiger partial charge in [0.15, 0.2) is 5.82 Å². The van der Waals surface area contributed by atoms with E-state index in [0.717, 1.165) is 31.1 Å². The number of nitrogens with one attached hydrogen (secondary N) is 2. The summed E-state index contributed by atoms with van der Waals surface area (Å²) in [4.78, 5) is 17.4. The zero-order valence-corrected chi connectivity index (χ0v) is 13.3. The van der Waals surface area contributed by atoms with E-state index in [-0.39, 0.29) is 0 Å². The molecule has 2 N–H and O–H groups in total. The lowest BCUT2D eigenvalue weighted by Crippen LogP contribution is -2.33. The predicted octanol–water partition coefficient (Wildman–Crippen LogP) is 1.49. The number of rotatable bonds is 6. The van der Waals surface area contributed by atoms with E-state index in [0.29, 0.717) is 24.0 Å². The van der Waals surface area contributed by atoms with Crippen LogP contribution in [0.2, 0.25) is 0 Å². The fourth-order valence-electron chi connectivity index (χ4n) is 2.69. The van der Waals surface area contributed by atoms with Crippen molar-refractivity contribution < 1.29 is 4.74 Å². The Hall–Kier alpha value is -2.12. The number of piperidine rings is 1. The van der Waals surface area contributed by atoms with E-state index < -0.39 is 0 Å². The van der Waals surface area contributed by atoms with Crippen molar-refractivity contribution in [3.63, 3.8) is 0 Å². The predicted molar refractivity (Wildman–Crippen MR) is 87.9 cm³/mol. The Morgan fingerprint density at radius 3 is 3.04 bits per heavy atom. The molecule has 1 aliphatic rings. The van der Waals surface area contributed by atoms with Gasteiger partial charge in [-0.15, -0.1) is 0 Å². The van der Waals surface area contributed by atoms with E-state index in [1.54, 1.807) is 25.7 Å². The summed E-state index contributed by atoms with van der Waals surface area (Å²) in [7, 11) is 1.66. The van der Waals surface area contributed by atoms with Gasteiger partial charge in [-0.1, -0.05) is 0 Å². The first-order valence-corrected chi connectivity index (χ1v) is 7.93. The summed E-state index contributed by atoms with van der Waals surface area (Å²) in [5.41, 5.74) is 1.49. The van der Waals surface area contributed by atoms with E-state index in [1.807, 2.05) is 6.07 Å². The van der Waals surface area contributed by atoms with Gasteiger partial charge in [-0.3, -0.25) is 4.98 Å². The molecule has 23 heavy (non-hydrogen) atoms. The van der Waals surface area contributed by atoms with Crippen molar-refractivity contribution in [2.45, 2.75) is 19.4 Å². The summed E-state index contributed by atoms with van der Waals surface area (Å²) in [6, 6.07) is 1.93. The summed E-state index contributed by atoms with van der Waals surface area (Å²) in [6.07, 6.45) is 7.42. The molecule has 122 valence electrons. The van der Waals surface area contributed by atoms with Crippen LogP contribution in [0.1, 0.15) is 18.5 Å². The van der Waals surface area contributed by atoms with Crippen LogP contribution in [0, 0.1) is 5.92 Å². The number of hydrogen-bond donors (Lipinski definition) is 2. The fraction of sp³-hybridized carbons (Fsp3) is 0.500. The Morgan fingerprint density at radius 2 is 2.30 bits per heavy atom. The number of ether oxygens (including phenoxy) is 1. The molecule has 0 aromatic carbocycles. The number of methoxy groups -OCH3 is 1. The van der Waals surface area contributed by atoms with Gasteiger partial charge in [0.2, 0.25) is 0 Å². The van der Waals surface area contributed by atoms with E-state index in [4.69, 9.17) is 4.74 Å². The lowest BCUT2D eigenvalue weighted by molar-refractivity contribution is 0.181. The summed E-state index contributed by atoms with van der Waals surface area (Å²) in [6.45, 7) is 3.52. The molecule has 3 rings (SSSR count). The van der Waals surface area contributed by atoms with Crippen LogP contribution in [-0.2, 0) is 11.3 Å². The zero-order valence-electron chi connectivity index (χ0n) is 13.3. The highest BCUT2D eigenvalue weighted by Gasteiger charge is 2.14. The maximum absolute atomic E-state index is 5.20. The van der Waals surface area contributed by atoms with Crippen LogP contribution in [0.15, 0.2) is 24.7 Å². The van der Waals surface area contributed by atoms with Crippen molar-refractivity contribution >= 4 is 5.82 Å². The summed E-state index contributed by atoms with van der Waals surface area (Å²) in [5, 5.41) is 6.86. The van der Waals surface area contributed by atoms with Crippen LogP contribution in [0.5, 0.6) is 0 Å². The quantitative estimate of drug-likeness (QED) is 0.835. The van der Waals surface area contributed by atoms with Crippen molar-refractivity contribution in [2.75, 3.05) is 32.1 Å². The second kappa shape index (κ2) is 7.94. The Labute approximate surface area is 135 Å². The van der Waals surface area contributed by atoms with Gasteiger partial charge in [0, 0.05) is 32.1 Å². The molecule has 0 aliphatic carbocycles. The average molecular weight is 314 g/mol. The molecule has 7 nitrogen and oxygen atoms in total. The second-order valence-corrected chi connectivity index (χ2v) is 5.69. The first-order chi connectivity index (χ1) is 11.3. The molecule has 7 heteroatoms. The monoisotopic (exact) mass is 314 g/mol. The van der Waals surface area contributed by atoms with E-state index in [9.17, 15) is 0 Å². The van der Waals surface area contributed by atoms with Gasteiger partial charge >= 0.3 is 0 Å². The van der Waals surface area contributed by atoms with Gasteiger partial charge in [0.25, 0.3) is 0 Å². The molecule has 1 unspecified atom stereocenters. The topological polar surface area (TPSA) is 84.9 Å². The first kappa shape index (κ1) is 15.8. The maximum atomic E-state index is 5.20. The Balaban J connectivity index is 1.76. The molecule has 2 aromatic heterocycles. The van der Waals surface area contributed by atoms with Crippen LogP contribution < -0.4 is 10.6 Å². The average Bonchev–Trinajstić information content (AvgIpc) is 2.62. The smallest absolute Gasteiger partial charge is 0.182 e. The standard InChI is InChI=1S/C16H22N6O/c1-23-11-13-7-15(20-9-12-3-2-4-17-8-12)22-16(21-13)14-10-18-5-6-19-14/h5-7,10,12,17H,2-4,8-9,11H2,1H3,(H,20,21,22). The van der Waals surface area contributed by atoms with Crippen molar-refractivity contribution in [3.05, 3.63) is 30.4 Å². The molecule has 0 saturated carbocycles. The van der Waals surface area contributed by atoms with Crippen LogP contribution in [0.25, 0.3) is 11.5 Å². The lowest BCUT2D eigenvalue weighted by Gasteiger charge is -2.23. The highest BCUT2D eigenvalue weighted by Crippen LogP contribution is 2.17. The van der Waals surface area contributed by atoms with Crippen molar-refractivity contribution in [3.8, 4) is 11.5 Å². The van der Waals surface area contributed by atoms with Crippen LogP contribution in [0.4, 0.5) is 5.82 Å². The molecule has 1 aliphatic heterocycles. The maximum Gasteiger partial charge on any atom is 0.182 e. The van der Waals surface area contributed by atoms with Crippen molar-refractivity contribution in [1.82, 2.24) is 25.3 Å². The van der Waals surface area contributed by atoms with Crippen molar-refractivity contribution in [2.24, 2.45) is 5.92 Å². The second-order valence-electron chi connectivity index (χ2n) is 5.69. The number of aromatic nitrogens is 4. The molecule has 0 bridgehead atoms. The van der Waals surface area contributed by atoms with Crippen LogP contribution in [-0.4, -0.2) is 46.7 Å². The molecule has 0 radical (unpaired) electrons. The van der Waals surface area contributed by atoms with Gasteiger partial charge in [0.1, 0.15) is 11.5 Å². The Morgan fingerprint density at radius 1 is 1.35 bits per heavy atom. The van der Waals surface area contributed by atoms with Gasteiger partial charge in [-0.2, -0.15) is 0 Å². The highest BCUT2D eigenvalue weighted by molar-refractivity contribution is 5.51. The molecular formula is C16H22N6O. The zero-order chi connectivity index (χ0) is 15.9. The van der Waals surface area contributed by atoms with Crippen LogP contribution in [0.3, 0.4) is 0 Å². The largest absolute Gasteiger partial charge is 0.378 e. The molecule has 0 spiro atoms. The minimum absolute atomic E-state index is 0.440. The minimum Gasteiger partial charge on any atom is -0.378 e. The Bertz CT molecular complexity index is 615. The van der Waals surface area contributed by atoms with Gasteiger partial charge < -0.3 is 15.4 Å². The first-order valence-electron chi connectivity index (χ1n) is 7.93. The summed E-state index contributed by atoms with van der Waals surface area (Å²) in [5.74, 6) is 2.00. The normalized spacial score (nSPS) is 17.9. The number of nitrogens with zero attached hydrogens (tertiary/aromatic N) is 4. The third kappa shape index (κ3) is 4.43. The van der Waals surface area contributed by atoms with E-state index in [1.165, 1.54) is 12.8 Å². The third-order valence-electron chi connectivity index (χ3n) is 3.83. The minimum atomic E-state index is 0.440. The van der Waals surface area contributed by atoms with Gasteiger partial charge in [0.05, 0.1) is 18.5 Å². The molecule has 1 saturated heterocycles. The summed E-state index contributed by atoms with van der Waals surface area (Å²) < 4.78 is 5.20. The van der Waals surface area contributed by atoms with E-state index >= 15 is 0 Å². The van der Waals surface area contributed by atoms with Gasteiger partial charge in [-0.25, -0.2) is 15.0 Å². The van der Waals surface area contributed by atoms with E-state index in [2.05, 4.69) is 30.6 Å². The van der Waals surface area contributed by atoms with Crippen LogP contribution >= 0.6 is 0 Å². The molecule has 1 atom stereocenters. The molecular weight excluding hydrogens is 292 g/mol. The molecule has 2 aromatic rings. The van der Waals surface area contributed by atoms with Gasteiger partial charge in [-0.05, 0) is 31.8 Å². The number of anilines is 1. The fourth-order valence-corrected chi connectivity index (χ4v) is 2.69. The highest BCUT2D eigenvalue weighted by atomic mass is 16.5. The number of hydrogen-bond acceptors (Lipinski definition) is 7. The summed E-state index contributed by atoms with van der Waals surface area (Å²) >= 11 is 0. The SMILES string of the molecule is COCc1cc(NCC2CCCNC2)nc(-c2cnccn2)n1. The Kier molecular flexibility index (Phi) is 5.44. The molecule has 1 fully saturated rings. The molecule has 0 amide bonds.